The molecule has 3 nitrogen and oxygen atoms in total. The molecule has 0 radical (unpaired) electrons. The van der Waals surface area contributed by atoms with E-state index in [1.807, 2.05) is 48.6 Å². The Bertz CT molecular complexity index is 805. The standard InChI is InChI=1S/C19H17N3S/c1-15-18(17-12-6-3-7-13-17)21-19(23-15)22-20-14-8-11-16-9-4-2-5-10-16/h2-13H,14H2,1H3. The molecule has 1 heterocycles. The van der Waals surface area contributed by atoms with Gasteiger partial charge in [0, 0.05) is 10.4 Å². The van der Waals surface area contributed by atoms with Gasteiger partial charge >= 0.3 is 0 Å². The highest BCUT2D eigenvalue weighted by Gasteiger charge is 2.08. The first kappa shape index (κ1) is 15.3. The van der Waals surface area contributed by atoms with E-state index in [9.17, 15) is 0 Å². The number of rotatable bonds is 5. The van der Waals surface area contributed by atoms with Crippen molar-refractivity contribution in [2.45, 2.75) is 6.92 Å². The number of thiazole rings is 1. The summed E-state index contributed by atoms with van der Waals surface area (Å²) in [5.41, 5.74) is 3.27. The first-order valence-electron chi connectivity index (χ1n) is 7.45. The molecule has 0 saturated carbocycles. The van der Waals surface area contributed by atoms with Crippen molar-refractivity contribution in [3.8, 4) is 11.3 Å². The van der Waals surface area contributed by atoms with Gasteiger partial charge in [-0.3, -0.25) is 0 Å². The molecule has 1 aromatic heterocycles. The number of azo groups is 1. The second-order valence-electron chi connectivity index (χ2n) is 5.00. The maximum absolute atomic E-state index is 4.57. The van der Waals surface area contributed by atoms with Crippen LogP contribution in [0.5, 0.6) is 0 Å². The molecule has 2 aromatic carbocycles. The molecule has 0 aliphatic heterocycles. The second kappa shape index (κ2) is 7.61. The van der Waals surface area contributed by atoms with Gasteiger partial charge in [0.2, 0.25) is 5.13 Å². The Hall–Kier alpha value is -2.59. The van der Waals surface area contributed by atoms with Crippen molar-refractivity contribution in [1.82, 2.24) is 4.98 Å². The van der Waals surface area contributed by atoms with Gasteiger partial charge in [-0.1, -0.05) is 84.2 Å². The van der Waals surface area contributed by atoms with Gasteiger partial charge in [0.05, 0.1) is 12.2 Å². The lowest BCUT2D eigenvalue weighted by Crippen LogP contribution is -1.78. The van der Waals surface area contributed by atoms with Crippen molar-refractivity contribution in [1.29, 1.82) is 0 Å². The molecule has 0 atom stereocenters. The Morgan fingerprint density at radius 3 is 2.43 bits per heavy atom. The number of aryl methyl sites for hydroxylation is 1. The van der Waals surface area contributed by atoms with E-state index in [-0.39, 0.29) is 0 Å². The van der Waals surface area contributed by atoms with Crippen LogP contribution in [0.3, 0.4) is 0 Å². The number of aromatic nitrogens is 1. The van der Waals surface area contributed by atoms with Gasteiger partial charge in [-0.15, -0.1) is 5.11 Å². The molecule has 4 heteroatoms. The van der Waals surface area contributed by atoms with Gasteiger partial charge in [0.15, 0.2) is 0 Å². The summed E-state index contributed by atoms with van der Waals surface area (Å²) in [6.07, 6.45) is 4.04. The number of nitrogens with zero attached hydrogens (tertiary/aromatic N) is 3. The topological polar surface area (TPSA) is 37.6 Å². The molecule has 114 valence electrons. The van der Waals surface area contributed by atoms with Gasteiger partial charge in [-0.25, -0.2) is 4.98 Å². The highest BCUT2D eigenvalue weighted by Crippen LogP contribution is 2.31. The van der Waals surface area contributed by atoms with Gasteiger partial charge in [0.25, 0.3) is 0 Å². The largest absolute Gasteiger partial charge is 0.230 e. The molecule has 3 rings (SSSR count). The predicted octanol–water partition coefficient (Wildman–Crippen LogP) is 5.92. The third kappa shape index (κ3) is 4.20. The Kier molecular flexibility index (Phi) is 5.06. The SMILES string of the molecule is Cc1sc(N=NCC=Cc2ccccc2)nc1-c1ccccc1. The minimum Gasteiger partial charge on any atom is -0.217 e. The van der Waals surface area contributed by atoms with E-state index in [0.717, 1.165) is 16.1 Å². The Labute approximate surface area is 140 Å². The third-order valence-electron chi connectivity index (χ3n) is 3.29. The van der Waals surface area contributed by atoms with E-state index in [2.05, 4.69) is 46.4 Å². The molecule has 0 saturated heterocycles. The average Bonchev–Trinajstić information content (AvgIpc) is 2.97. The predicted molar refractivity (Wildman–Crippen MR) is 97.1 cm³/mol. The van der Waals surface area contributed by atoms with Crippen LogP contribution < -0.4 is 0 Å². The number of hydrogen-bond donors (Lipinski definition) is 0. The molecule has 0 fully saturated rings. The zero-order valence-electron chi connectivity index (χ0n) is 12.9. The third-order valence-corrected chi connectivity index (χ3v) is 4.14. The quantitative estimate of drug-likeness (QED) is 0.538. The fraction of sp³-hybridized carbons (Fsp3) is 0.105. The zero-order valence-corrected chi connectivity index (χ0v) is 13.7. The maximum Gasteiger partial charge on any atom is 0.230 e. The minimum absolute atomic E-state index is 0.550. The van der Waals surface area contributed by atoms with E-state index >= 15 is 0 Å². The number of hydrogen-bond acceptors (Lipinski definition) is 4. The maximum atomic E-state index is 4.57. The van der Waals surface area contributed by atoms with Gasteiger partial charge < -0.3 is 0 Å². The fourth-order valence-corrected chi connectivity index (χ4v) is 2.96. The average molecular weight is 319 g/mol. The lowest BCUT2D eigenvalue weighted by Gasteiger charge is -1.96. The lowest BCUT2D eigenvalue weighted by molar-refractivity contribution is 1.06. The van der Waals surface area contributed by atoms with E-state index in [4.69, 9.17) is 0 Å². The first-order chi connectivity index (χ1) is 11.3. The molecule has 3 aromatic rings. The van der Waals surface area contributed by atoms with Crippen LogP contribution in [0.1, 0.15) is 10.4 Å². The van der Waals surface area contributed by atoms with Crippen LogP contribution in [0.2, 0.25) is 0 Å². The Morgan fingerprint density at radius 2 is 1.70 bits per heavy atom. The summed E-state index contributed by atoms with van der Waals surface area (Å²) in [5, 5.41) is 9.12. The van der Waals surface area contributed by atoms with Crippen LogP contribution in [0, 0.1) is 6.92 Å². The molecule has 0 bridgehead atoms. The molecular formula is C19H17N3S. The Morgan fingerprint density at radius 1 is 1.00 bits per heavy atom. The van der Waals surface area contributed by atoms with Crippen molar-refractivity contribution in [2.75, 3.05) is 6.54 Å². The summed E-state index contributed by atoms with van der Waals surface area (Å²) in [6.45, 7) is 2.61. The van der Waals surface area contributed by atoms with Crippen molar-refractivity contribution >= 4 is 22.5 Å². The van der Waals surface area contributed by atoms with Crippen LogP contribution in [0.15, 0.2) is 77.0 Å². The molecule has 0 aliphatic rings. The highest BCUT2D eigenvalue weighted by molar-refractivity contribution is 7.15. The summed E-state index contributed by atoms with van der Waals surface area (Å²) in [4.78, 5) is 5.73. The molecule has 0 aliphatic carbocycles. The summed E-state index contributed by atoms with van der Waals surface area (Å²) < 4.78 is 0. The Balaban J connectivity index is 1.64. The zero-order chi connectivity index (χ0) is 15.9. The summed E-state index contributed by atoms with van der Waals surface area (Å²) in [5.74, 6) is 0. The van der Waals surface area contributed by atoms with Gasteiger partial charge in [0.1, 0.15) is 0 Å². The monoisotopic (exact) mass is 319 g/mol. The molecule has 0 spiro atoms. The summed E-state index contributed by atoms with van der Waals surface area (Å²) in [6, 6.07) is 20.3. The molecular weight excluding hydrogens is 302 g/mol. The summed E-state index contributed by atoms with van der Waals surface area (Å²) in [7, 11) is 0. The summed E-state index contributed by atoms with van der Waals surface area (Å²) >= 11 is 1.57. The fourth-order valence-electron chi connectivity index (χ4n) is 2.19. The first-order valence-corrected chi connectivity index (χ1v) is 8.26. The number of benzene rings is 2. The van der Waals surface area contributed by atoms with Crippen LogP contribution in [-0.2, 0) is 0 Å². The smallest absolute Gasteiger partial charge is 0.217 e. The lowest BCUT2D eigenvalue weighted by atomic mass is 10.1. The molecule has 0 unspecified atom stereocenters. The van der Waals surface area contributed by atoms with E-state index in [1.165, 1.54) is 5.56 Å². The second-order valence-corrected chi connectivity index (χ2v) is 6.19. The van der Waals surface area contributed by atoms with Crippen LogP contribution in [0.4, 0.5) is 5.13 Å². The van der Waals surface area contributed by atoms with Crippen molar-refractivity contribution < 1.29 is 0 Å². The van der Waals surface area contributed by atoms with Crippen molar-refractivity contribution in [2.24, 2.45) is 10.2 Å². The van der Waals surface area contributed by atoms with E-state index in [1.54, 1.807) is 11.3 Å². The van der Waals surface area contributed by atoms with Gasteiger partial charge in [-0.2, -0.15) is 5.11 Å². The van der Waals surface area contributed by atoms with Crippen LogP contribution in [-0.4, -0.2) is 11.5 Å². The van der Waals surface area contributed by atoms with Gasteiger partial charge in [-0.05, 0) is 12.5 Å². The minimum atomic E-state index is 0.550. The van der Waals surface area contributed by atoms with Crippen LogP contribution in [0.25, 0.3) is 17.3 Å². The van der Waals surface area contributed by atoms with Crippen molar-refractivity contribution in [3.05, 3.63) is 77.2 Å². The van der Waals surface area contributed by atoms with E-state index < -0.39 is 0 Å². The van der Waals surface area contributed by atoms with Crippen LogP contribution >= 0.6 is 11.3 Å². The van der Waals surface area contributed by atoms with Crippen molar-refractivity contribution in [3.63, 3.8) is 0 Å². The highest BCUT2D eigenvalue weighted by atomic mass is 32.1. The normalized spacial score (nSPS) is 11.5. The molecule has 0 amide bonds. The van der Waals surface area contributed by atoms with E-state index in [0.29, 0.717) is 11.7 Å². The molecule has 23 heavy (non-hydrogen) atoms. The molecule has 0 N–H and O–H groups in total.